The summed E-state index contributed by atoms with van der Waals surface area (Å²) in [5.74, 6) is -0.670. The van der Waals surface area contributed by atoms with Gasteiger partial charge in [0, 0.05) is 0 Å². The van der Waals surface area contributed by atoms with Gasteiger partial charge >= 0.3 is 0 Å². The smallest absolute Gasteiger partial charge is 0.220 e. The maximum absolute atomic E-state index is 10.8. The summed E-state index contributed by atoms with van der Waals surface area (Å²) in [6.07, 6.45) is -0.493. The van der Waals surface area contributed by atoms with E-state index in [9.17, 15) is 9.59 Å². The molecule has 4 N–H and O–H groups in total. The van der Waals surface area contributed by atoms with E-state index in [0.717, 1.165) is 0 Å². The minimum atomic E-state index is -0.678. The summed E-state index contributed by atoms with van der Waals surface area (Å²) in [6.45, 7) is -0.000880. The van der Waals surface area contributed by atoms with Crippen molar-refractivity contribution in [1.82, 2.24) is 0 Å². The van der Waals surface area contributed by atoms with Crippen LogP contribution in [-0.4, -0.2) is 30.4 Å². The summed E-state index contributed by atoms with van der Waals surface area (Å²) < 4.78 is 4.91. The molecule has 0 aromatic carbocycles. The van der Waals surface area contributed by atoms with Gasteiger partial charge in [0.05, 0.1) is 18.6 Å². The van der Waals surface area contributed by atoms with Gasteiger partial charge in [-0.05, 0) is 0 Å². The Morgan fingerprint density at radius 1 is 1.73 bits per heavy atom. The van der Waals surface area contributed by atoms with Gasteiger partial charge in [-0.25, -0.2) is 0 Å². The Kier molecular flexibility index (Phi) is 2.21. The predicted molar refractivity (Wildman–Crippen MR) is 36.5 cm³/mol. The number of carbonyl (C=O) groups is 2. The molecule has 1 aliphatic heterocycles. The molecule has 2 unspecified atom stereocenters. The van der Waals surface area contributed by atoms with E-state index in [-0.39, 0.29) is 18.8 Å². The molecule has 11 heavy (non-hydrogen) atoms. The van der Waals surface area contributed by atoms with Gasteiger partial charge in [-0.2, -0.15) is 0 Å². The van der Waals surface area contributed by atoms with Crippen LogP contribution in [0.15, 0.2) is 0 Å². The van der Waals surface area contributed by atoms with E-state index >= 15 is 0 Å². The van der Waals surface area contributed by atoms with Crippen LogP contribution in [0.3, 0.4) is 0 Å². The molecule has 1 saturated heterocycles. The second kappa shape index (κ2) is 2.98. The van der Waals surface area contributed by atoms with Crippen molar-refractivity contribution in [1.29, 1.82) is 0 Å². The maximum atomic E-state index is 10.8. The number of nitrogens with two attached hydrogens (primary N) is 2. The number of hydrogen-bond donors (Lipinski definition) is 2. The van der Waals surface area contributed by atoms with Crippen LogP contribution in [0.4, 0.5) is 0 Å². The molecule has 1 rings (SSSR count). The zero-order valence-corrected chi connectivity index (χ0v) is 5.95. The fourth-order valence-corrected chi connectivity index (χ4v) is 0.981. The zero-order chi connectivity index (χ0) is 8.43. The predicted octanol–water partition coefficient (Wildman–Crippen LogP) is -1.84. The number of primary amides is 1. The lowest BCUT2D eigenvalue weighted by Gasteiger charge is -2.09. The molecule has 0 aliphatic carbocycles. The second-order valence-electron chi connectivity index (χ2n) is 2.51. The first-order chi connectivity index (χ1) is 5.11. The first-order valence-corrected chi connectivity index (χ1v) is 3.29. The molecule has 2 atom stereocenters. The van der Waals surface area contributed by atoms with Gasteiger partial charge < -0.3 is 16.2 Å². The van der Waals surface area contributed by atoms with Gasteiger partial charge in [0.25, 0.3) is 0 Å². The quantitative estimate of drug-likeness (QED) is 0.493. The van der Waals surface area contributed by atoms with Crippen molar-refractivity contribution in [2.75, 3.05) is 6.61 Å². The van der Waals surface area contributed by atoms with Crippen LogP contribution in [0.1, 0.15) is 6.42 Å². The average Bonchev–Trinajstić information content (AvgIpc) is 2.18. The third-order valence-corrected chi connectivity index (χ3v) is 1.61. The molecular weight excluding hydrogens is 148 g/mol. The number of ketones is 1. The first kappa shape index (κ1) is 8.16. The van der Waals surface area contributed by atoms with E-state index in [1.165, 1.54) is 0 Å². The molecule has 0 radical (unpaired) electrons. The molecule has 1 heterocycles. The van der Waals surface area contributed by atoms with Gasteiger partial charge in [-0.3, -0.25) is 9.59 Å². The summed E-state index contributed by atoms with van der Waals surface area (Å²) in [6, 6.07) is -0.678. The zero-order valence-electron chi connectivity index (χ0n) is 5.95. The van der Waals surface area contributed by atoms with Crippen molar-refractivity contribution >= 4 is 11.7 Å². The minimum absolute atomic E-state index is 0.000880. The Hall–Kier alpha value is -0.940. The highest BCUT2D eigenvalue weighted by Crippen LogP contribution is 2.10. The Balaban J connectivity index is 2.48. The number of hydrogen-bond acceptors (Lipinski definition) is 4. The number of carbonyl (C=O) groups excluding carboxylic acids is 2. The van der Waals surface area contributed by atoms with Gasteiger partial charge in [0.2, 0.25) is 5.91 Å². The van der Waals surface area contributed by atoms with Crippen molar-refractivity contribution in [2.45, 2.75) is 18.6 Å². The van der Waals surface area contributed by atoms with Crippen molar-refractivity contribution < 1.29 is 14.3 Å². The molecule has 0 aromatic rings. The molecule has 1 aliphatic rings. The van der Waals surface area contributed by atoms with E-state index in [1.54, 1.807) is 0 Å². The van der Waals surface area contributed by atoms with Crippen molar-refractivity contribution in [3.63, 3.8) is 0 Å². The van der Waals surface area contributed by atoms with Crippen LogP contribution in [0.5, 0.6) is 0 Å². The molecule has 1 amide bonds. The molecule has 5 heteroatoms. The molecule has 62 valence electrons. The Bertz CT molecular complexity index is 192. The number of ether oxygens (including phenoxy) is 1. The molecule has 0 aromatic heterocycles. The van der Waals surface area contributed by atoms with Crippen LogP contribution in [-0.2, 0) is 14.3 Å². The maximum Gasteiger partial charge on any atom is 0.220 e. The largest absolute Gasteiger partial charge is 0.370 e. The van der Waals surface area contributed by atoms with Crippen LogP contribution in [0.2, 0.25) is 0 Å². The van der Waals surface area contributed by atoms with E-state index in [4.69, 9.17) is 16.2 Å². The van der Waals surface area contributed by atoms with Crippen LogP contribution in [0, 0.1) is 0 Å². The summed E-state index contributed by atoms with van der Waals surface area (Å²) in [5, 5.41) is 0. The third-order valence-electron chi connectivity index (χ3n) is 1.61. The number of amides is 1. The Morgan fingerprint density at radius 3 is 2.73 bits per heavy atom. The topological polar surface area (TPSA) is 95.4 Å². The van der Waals surface area contributed by atoms with E-state index in [0.29, 0.717) is 0 Å². The van der Waals surface area contributed by atoms with Crippen LogP contribution in [0.25, 0.3) is 0 Å². The lowest BCUT2D eigenvalue weighted by atomic mass is 10.1. The number of Topliss-reactive ketones (excluding diaryl/α,β-unsaturated/α-hetero) is 1. The summed E-state index contributed by atoms with van der Waals surface area (Å²) >= 11 is 0. The standard InChI is InChI=1S/C6H10N2O3/c7-5(10)1-4-6(8)3(9)2-11-4/h4,6H,1-2,8H2,(H2,7,10). The van der Waals surface area contributed by atoms with Crippen molar-refractivity contribution in [2.24, 2.45) is 11.5 Å². The van der Waals surface area contributed by atoms with Crippen LogP contribution < -0.4 is 11.5 Å². The van der Waals surface area contributed by atoms with Gasteiger partial charge in [-0.15, -0.1) is 0 Å². The third kappa shape index (κ3) is 1.75. The Morgan fingerprint density at radius 2 is 2.36 bits per heavy atom. The van der Waals surface area contributed by atoms with Crippen molar-refractivity contribution in [3.05, 3.63) is 0 Å². The second-order valence-corrected chi connectivity index (χ2v) is 2.51. The molecule has 0 bridgehead atoms. The highest BCUT2D eigenvalue weighted by atomic mass is 16.5. The summed E-state index contributed by atoms with van der Waals surface area (Å²) in [4.78, 5) is 21.1. The lowest BCUT2D eigenvalue weighted by molar-refractivity contribution is -0.120. The normalized spacial score (nSPS) is 30.8. The Labute approximate surface area is 63.7 Å². The van der Waals surface area contributed by atoms with Crippen LogP contribution >= 0.6 is 0 Å². The highest BCUT2D eigenvalue weighted by Gasteiger charge is 2.33. The summed E-state index contributed by atoms with van der Waals surface area (Å²) in [5.41, 5.74) is 10.3. The minimum Gasteiger partial charge on any atom is -0.370 e. The molecule has 0 spiro atoms. The first-order valence-electron chi connectivity index (χ1n) is 3.29. The molecule has 1 fully saturated rings. The van der Waals surface area contributed by atoms with Gasteiger partial charge in [0.15, 0.2) is 5.78 Å². The summed E-state index contributed by atoms with van der Waals surface area (Å²) in [7, 11) is 0. The SMILES string of the molecule is NC(=O)CC1OCC(=O)C1N. The van der Waals surface area contributed by atoms with Gasteiger partial charge in [0.1, 0.15) is 6.61 Å². The number of rotatable bonds is 2. The molecule has 0 saturated carbocycles. The highest BCUT2D eigenvalue weighted by molar-refractivity contribution is 5.88. The van der Waals surface area contributed by atoms with Crippen molar-refractivity contribution in [3.8, 4) is 0 Å². The molecule has 5 nitrogen and oxygen atoms in total. The lowest BCUT2D eigenvalue weighted by Crippen LogP contribution is -2.38. The molecular formula is C6H10N2O3. The van der Waals surface area contributed by atoms with Gasteiger partial charge in [-0.1, -0.05) is 0 Å². The fourth-order valence-electron chi connectivity index (χ4n) is 0.981. The van der Waals surface area contributed by atoms with E-state index in [2.05, 4.69) is 0 Å². The fraction of sp³-hybridized carbons (Fsp3) is 0.667. The van der Waals surface area contributed by atoms with E-state index in [1.807, 2.05) is 0 Å². The monoisotopic (exact) mass is 158 g/mol. The van der Waals surface area contributed by atoms with E-state index < -0.39 is 18.1 Å². The average molecular weight is 158 g/mol.